The molecule has 104 valence electrons. The Bertz CT molecular complexity index is 484. The van der Waals surface area contributed by atoms with Crippen LogP contribution < -0.4 is 0 Å². The van der Waals surface area contributed by atoms with Crippen molar-refractivity contribution in [2.75, 3.05) is 0 Å². The number of aliphatic carboxylic acids is 1. The molecular formula is C13H14Br2O3S. The van der Waals surface area contributed by atoms with Gasteiger partial charge in [0.1, 0.15) is 0 Å². The summed E-state index contributed by atoms with van der Waals surface area (Å²) in [6.07, 6.45) is 4.19. The second-order valence-corrected chi connectivity index (χ2v) is 8.33. The highest BCUT2D eigenvalue weighted by atomic mass is 79.9. The van der Waals surface area contributed by atoms with Gasteiger partial charge >= 0.3 is 5.97 Å². The first kappa shape index (κ1) is 15.2. The van der Waals surface area contributed by atoms with Gasteiger partial charge in [0.25, 0.3) is 0 Å². The summed E-state index contributed by atoms with van der Waals surface area (Å²) in [5, 5.41) is 9.05. The van der Waals surface area contributed by atoms with Crippen LogP contribution in [0.4, 0.5) is 0 Å². The summed E-state index contributed by atoms with van der Waals surface area (Å²) in [6.45, 7) is 0. The molecule has 0 bridgehead atoms. The largest absolute Gasteiger partial charge is 0.481 e. The van der Waals surface area contributed by atoms with Crippen molar-refractivity contribution in [3.63, 3.8) is 0 Å². The number of thiophene rings is 1. The molecule has 19 heavy (non-hydrogen) atoms. The van der Waals surface area contributed by atoms with E-state index in [-0.39, 0.29) is 17.6 Å². The third-order valence-electron chi connectivity index (χ3n) is 3.65. The quantitative estimate of drug-likeness (QED) is 0.705. The molecule has 1 saturated carbocycles. The van der Waals surface area contributed by atoms with Gasteiger partial charge in [-0.1, -0.05) is 12.8 Å². The lowest BCUT2D eigenvalue weighted by Gasteiger charge is -2.25. The van der Waals surface area contributed by atoms with Crippen LogP contribution in [0.15, 0.2) is 14.3 Å². The topological polar surface area (TPSA) is 54.4 Å². The molecule has 6 heteroatoms. The van der Waals surface area contributed by atoms with E-state index < -0.39 is 5.97 Å². The second-order valence-electron chi connectivity index (χ2n) is 5.11. The lowest BCUT2D eigenvalue weighted by Crippen LogP contribution is -2.24. The minimum absolute atomic E-state index is 0.0551. The summed E-state index contributed by atoms with van der Waals surface area (Å²) in [6, 6.07) is 1.81. The number of carboxylic acids is 1. The van der Waals surface area contributed by atoms with Gasteiger partial charge in [-0.25, -0.2) is 0 Å². The van der Waals surface area contributed by atoms with E-state index in [2.05, 4.69) is 31.9 Å². The normalized spacial score (nSPS) is 17.6. The molecule has 1 aliphatic carbocycles. The number of carboxylic acid groups (broad SMARTS) is 1. The van der Waals surface area contributed by atoms with Crippen LogP contribution in [0.25, 0.3) is 0 Å². The number of carbonyl (C=O) groups is 2. The van der Waals surface area contributed by atoms with E-state index in [9.17, 15) is 9.59 Å². The molecule has 0 amide bonds. The summed E-state index contributed by atoms with van der Waals surface area (Å²) >= 11 is 8.14. The van der Waals surface area contributed by atoms with Gasteiger partial charge in [-0.2, -0.15) is 0 Å². The Kier molecular flexibility index (Phi) is 4.84. The Morgan fingerprint density at radius 2 is 1.89 bits per heavy atom. The number of ketones is 1. The van der Waals surface area contributed by atoms with Crippen molar-refractivity contribution in [3.05, 3.63) is 19.2 Å². The summed E-state index contributed by atoms with van der Waals surface area (Å²) in [5.74, 6) is -0.747. The lowest BCUT2D eigenvalue weighted by atomic mass is 9.78. The Morgan fingerprint density at radius 1 is 1.26 bits per heavy atom. The van der Waals surface area contributed by atoms with Gasteiger partial charge < -0.3 is 5.11 Å². The molecular weight excluding hydrogens is 396 g/mol. The maximum Gasteiger partial charge on any atom is 0.303 e. The average Bonchev–Trinajstić information content (AvgIpc) is 2.87. The van der Waals surface area contributed by atoms with Gasteiger partial charge in [0, 0.05) is 10.9 Å². The minimum atomic E-state index is -0.803. The maximum absolute atomic E-state index is 12.3. The SMILES string of the molecule is O=C(O)CC1(CC(=O)c2cc(Br)c(Br)s2)CCCC1. The number of halogens is 2. The van der Waals surface area contributed by atoms with Crippen molar-refractivity contribution >= 4 is 54.9 Å². The Hall–Kier alpha value is -0.200. The molecule has 2 rings (SSSR count). The summed E-state index contributed by atoms with van der Waals surface area (Å²) in [4.78, 5) is 24.0. The van der Waals surface area contributed by atoms with E-state index in [1.54, 1.807) is 6.07 Å². The van der Waals surface area contributed by atoms with E-state index in [1.165, 1.54) is 11.3 Å². The van der Waals surface area contributed by atoms with E-state index in [1.807, 2.05) is 0 Å². The summed E-state index contributed by atoms with van der Waals surface area (Å²) in [5.41, 5.74) is -0.328. The zero-order valence-electron chi connectivity index (χ0n) is 10.2. The van der Waals surface area contributed by atoms with Crippen molar-refractivity contribution in [2.24, 2.45) is 5.41 Å². The highest BCUT2D eigenvalue weighted by molar-refractivity contribution is 9.13. The van der Waals surface area contributed by atoms with E-state index >= 15 is 0 Å². The second kappa shape index (κ2) is 6.06. The first-order chi connectivity index (χ1) is 8.92. The molecule has 0 unspecified atom stereocenters. The fraction of sp³-hybridized carbons (Fsp3) is 0.538. The molecule has 0 spiro atoms. The van der Waals surface area contributed by atoms with Crippen LogP contribution >= 0.6 is 43.2 Å². The predicted molar refractivity (Wildman–Crippen MR) is 81.8 cm³/mol. The van der Waals surface area contributed by atoms with Crippen LogP contribution in [0.3, 0.4) is 0 Å². The van der Waals surface area contributed by atoms with E-state index in [0.29, 0.717) is 11.3 Å². The number of hydrogen-bond donors (Lipinski definition) is 1. The number of Topliss-reactive ketones (excluding diaryl/α,β-unsaturated/α-hetero) is 1. The van der Waals surface area contributed by atoms with Gasteiger partial charge in [-0.05, 0) is 56.2 Å². The van der Waals surface area contributed by atoms with Gasteiger partial charge in [0.05, 0.1) is 15.1 Å². The van der Waals surface area contributed by atoms with Crippen molar-refractivity contribution in [2.45, 2.75) is 38.5 Å². The molecule has 0 aromatic carbocycles. The van der Waals surface area contributed by atoms with Gasteiger partial charge in [0.15, 0.2) is 5.78 Å². The molecule has 0 saturated heterocycles. The highest BCUT2D eigenvalue weighted by Gasteiger charge is 2.38. The van der Waals surface area contributed by atoms with Crippen molar-refractivity contribution in [3.8, 4) is 0 Å². The molecule has 0 atom stereocenters. The Labute approximate surface area is 132 Å². The van der Waals surface area contributed by atoms with Gasteiger partial charge in [-0.15, -0.1) is 11.3 Å². The van der Waals surface area contributed by atoms with Crippen LogP contribution in [0.5, 0.6) is 0 Å². The molecule has 1 aromatic rings. The average molecular weight is 410 g/mol. The number of hydrogen-bond acceptors (Lipinski definition) is 3. The van der Waals surface area contributed by atoms with Gasteiger partial charge in [-0.3, -0.25) is 9.59 Å². The molecule has 1 aromatic heterocycles. The third kappa shape index (κ3) is 3.67. The Balaban J connectivity index is 2.13. The third-order valence-corrected chi connectivity index (χ3v) is 6.94. The highest BCUT2D eigenvalue weighted by Crippen LogP contribution is 2.45. The number of rotatable bonds is 5. The first-order valence-corrected chi connectivity index (χ1v) is 8.52. The molecule has 1 heterocycles. The Morgan fingerprint density at radius 3 is 2.37 bits per heavy atom. The van der Waals surface area contributed by atoms with Crippen LogP contribution in [-0.2, 0) is 4.79 Å². The first-order valence-electron chi connectivity index (χ1n) is 6.12. The summed E-state index contributed by atoms with van der Waals surface area (Å²) < 4.78 is 1.77. The number of carbonyl (C=O) groups excluding carboxylic acids is 1. The van der Waals surface area contributed by atoms with Crippen molar-refractivity contribution in [1.29, 1.82) is 0 Å². The van der Waals surface area contributed by atoms with Gasteiger partial charge in [0.2, 0.25) is 0 Å². The molecule has 1 fully saturated rings. The molecule has 1 aliphatic rings. The fourth-order valence-electron chi connectivity index (χ4n) is 2.77. The molecule has 1 N–H and O–H groups in total. The lowest BCUT2D eigenvalue weighted by molar-refractivity contribution is -0.139. The van der Waals surface area contributed by atoms with E-state index in [0.717, 1.165) is 33.9 Å². The molecule has 0 aliphatic heterocycles. The van der Waals surface area contributed by atoms with Crippen molar-refractivity contribution in [1.82, 2.24) is 0 Å². The minimum Gasteiger partial charge on any atom is -0.481 e. The zero-order valence-corrected chi connectivity index (χ0v) is 14.2. The van der Waals surface area contributed by atoms with Crippen LogP contribution in [0.2, 0.25) is 0 Å². The van der Waals surface area contributed by atoms with Crippen LogP contribution in [-0.4, -0.2) is 16.9 Å². The molecule has 3 nitrogen and oxygen atoms in total. The predicted octanol–water partition coefficient (Wildman–Crippen LogP) is 4.88. The molecule has 0 radical (unpaired) electrons. The zero-order chi connectivity index (χ0) is 14.0. The summed E-state index contributed by atoms with van der Waals surface area (Å²) in [7, 11) is 0. The monoisotopic (exact) mass is 408 g/mol. The fourth-order valence-corrected chi connectivity index (χ4v) is 4.75. The smallest absolute Gasteiger partial charge is 0.303 e. The van der Waals surface area contributed by atoms with Crippen LogP contribution in [0, 0.1) is 5.41 Å². The van der Waals surface area contributed by atoms with E-state index in [4.69, 9.17) is 5.11 Å². The van der Waals surface area contributed by atoms with Crippen molar-refractivity contribution < 1.29 is 14.7 Å². The standard InChI is InChI=1S/C13H14Br2O3S/c14-8-5-10(19-12(8)15)9(16)6-13(7-11(17)18)3-1-2-4-13/h5H,1-4,6-7H2,(H,17,18). The maximum atomic E-state index is 12.3. The van der Waals surface area contributed by atoms with Crippen LogP contribution in [0.1, 0.15) is 48.2 Å².